The fraction of sp³-hybridized carbons (Fsp3) is 1.00. The topological polar surface area (TPSA) is 0 Å². The molecule has 0 spiro atoms. The normalized spacial score (nSPS) is 6.83. The summed E-state index contributed by atoms with van der Waals surface area (Å²) in [7, 11) is 0. The summed E-state index contributed by atoms with van der Waals surface area (Å²) >= 11 is 1.92. The van der Waals surface area contributed by atoms with Gasteiger partial charge in [-0.05, 0) is 0 Å². The van der Waals surface area contributed by atoms with Crippen LogP contribution in [0.25, 0.3) is 0 Å². The molecule has 0 saturated heterocycles. The van der Waals surface area contributed by atoms with Gasteiger partial charge in [-0.1, -0.05) is 0 Å². The summed E-state index contributed by atoms with van der Waals surface area (Å²) in [4.78, 5) is 0. The molecule has 2 radical (unpaired) electrons. The molecular formula is C4H9SSb. The molecule has 0 saturated carbocycles. The molecule has 0 bridgehead atoms. The minimum absolute atomic E-state index is 0. The van der Waals surface area contributed by atoms with Crippen molar-refractivity contribution in [1.82, 2.24) is 0 Å². The second-order valence-corrected chi connectivity index (χ2v) is 2.35. The molecule has 0 aromatic rings. The quantitative estimate of drug-likeness (QED) is 0.605. The molecule has 0 nitrogen and oxygen atoms in total. The van der Waals surface area contributed by atoms with Gasteiger partial charge < -0.3 is 13.5 Å². The third-order valence-electron chi connectivity index (χ3n) is 0.512. The van der Waals surface area contributed by atoms with Crippen LogP contribution in [-0.2, 0) is 13.5 Å². The molecule has 0 aliphatic carbocycles. The maximum Gasteiger partial charge on any atom is -2.00 e. The summed E-state index contributed by atoms with van der Waals surface area (Å²) in [6.07, 6.45) is 2.77. The number of unbranched alkanes of at least 4 members (excludes halogenated alkanes) is 1. The molecule has 0 fully saturated rings. The van der Waals surface area contributed by atoms with E-state index in [-0.39, 0.29) is 13.5 Å². The zero-order chi connectivity index (χ0) is 4.12. The molecule has 0 aliphatic heterocycles. The van der Waals surface area contributed by atoms with Crippen LogP contribution in [0.4, 0.5) is 0 Å². The van der Waals surface area contributed by atoms with E-state index in [1.54, 1.807) is 0 Å². The Morgan fingerprint density at radius 3 is 2.00 bits per heavy atom. The van der Waals surface area contributed by atoms with Crippen LogP contribution in [0.3, 0.4) is 0 Å². The van der Waals surface area contributed by atoms with Gasteiger partial charge in [0.05, 0.1) is 0 Å². The third-order valence-corrected chi connectivity index (χ3v) is 1.41. The van der Waals surface area contributed by atoms with Crippen LogP contribution in [0, 0.1) is 0 Å². The molecule has 0 atom stereocenters. The van der Waals surface area contributed by atoms with E-state index in [4.69, 9.17) is 0 Å². The van der Waals surface area contributed by atoms with Crippen LogP contribution in [0.15, 0.2) is 0 Å². The van der Waals surface area contributed by atoms with E-state index in [0.29, 0.717) is 0 Å². The van der Waals surface area contributed by atoms with Crippen LogP contribution in [0.1, 0.15) is 19.8 Å². The van der Waals surface area contributed by atoms with E-state index in [0.717, 1.165) is 0 Å². The van der Waals surface area contributed by atoms with Crippen molar-refractivity contribution in [2.24, 2.45) is 0 Å². The van der Waals surface area contributed by atoms with Crippen molar-refractivity contribution in [3.8, 4) is 0 Å². The first-order chi connectivity index (χ1) is 2.41. The number of hydrogen-bond donors (Lipinski definition) is 0. The average Bonchev–Trinajstić information content (AvgIpc) is 1.41. The van der Waals surface area contributed by atoms with Crippen LogP contribution in [-0.4, -0.2) is 23.0 Å². The summed E-state index contributed by atoms with van der Waals surface area (Å²) in [6, 6.07) is 0. The largest absolute Gasteiger partial charge is 2.00 e. The van der Waals surface area contributed by atoms with Gasteiger partial charge in [-0.3, -0.25) is 0 Å². The molecular weight excluding hydrogens is 202 g/mol. The Hall–Kier alpha value is 1.17. The fourth-order valence-electron chi connectivity index (χ4n) is 0.158. The Kier molecular flexibility index (Phi) is 16.1. The summed E-state index contributed by atoms with van der Waals surface area (Å²) < 4.78 is 1.39. The molecule has 0 aromatic heterocycles. The molecule has 6 heavy (non-hydrogen) atoms. The predicted molar refractivity (Wildman–Crippen MR) is 32.8 cm³/mol. The smallest absolute Gasteiger partial charge is 2.00 e. The van der Waals surface area contributed by atoms with Gasteiger partial charge in [0.15, 0.2) is 0 Å². The standard InChI is InChI=1S/C4H9.S.Sb/c1-3-4-2;;/h1,3-4H2,2H3;;/q;-2;+2. The Bertz CT molecular complexity index is 15.0. The first-order valence-electron chi connectivity index (χ1n) is 2.02. The summed E-state index contributed by atoms with van der Waals surface area (Å²) in [5.74, 6) is 0. The first kappa shape index (κ1) is 10.2. The maximum atomic E-state index is 2.22. The Morgan fingerprint density at radius 2 is 2.00 bits per heavy atom. The zero-order valence-corrected chi connectivity index (χ0v) is 7.35. The number of rotatable bonds is 2. The van der Waals surface area contributed by atoms with Gasteiger partial charge >= 0.3 is 47.2 Å². The first-order valence-corrected chi connectivity index (χ1v) is 3.83. The second kappa shape index (κ2) is 9.48. The monoisotopic (exact) mass is 210 g/mol. The van der Waals surface area contributed by atoms with E-state index in [1.165, 1.54) is 17.2 Å². The van der Waals surface area contributed by atoms with Crippen molar-refractivity contribution in [3.05, 3.63) is 0 Å². The summed E-state index contributed by atoms with van der Waals surface area (Å²) in [6.45, 7) is 2.22. The van der Waals surface area contributed by atoms with E-state index in [2.05, 4.69) is 6.92 Å². The van der Waals surface area contributed by atoms with E-state index < -0.39 is 0 Å². The SMILES string of the molecule is CCC[CH2][Sb+2].[S-2]. The van der Waals surface area contributed by atoms with E-state index >= 15 is 0 Å². The van der Waals surface area contributed by atoms with Gasteiger partial charge in [0.25, 0.3) is 0 Å². The van der Waals surface area contributed by atoms with Crippen molar-refractivity contribution in [2.75, 3.05) is 0 Å². The molecule has 0 aromatic carbocycles. The van der Waals surface area contributed by atoms with Gasteiger partial charge in [0, 0.05) is 0 Å². The average molecular weight is 211 g/mol. The van der Waals surface area contributed by atoms with Crippen LogP contribution in [0.2, 0.25) is 4.37 Å². The Balaban J connectivity index is 0. The van der Waals surface area contributed by atoms with Crippen molar-refractivity contribution in [3.63, 3.8) is 0 Å². The Morgan fingerprint density at radius 1 is 1.50 bits per heavy atom. The minimum Gasteiger partial charge on any atom is -2.00 e. The summed E-state index contributed by atoms with van der Waals surface area (Å²) in [5.41, 5.74) is 0. The zero-order valence-electron chi connectivity index (χ0n) is 3.98. The molecule has 0 unspecified atom stereocenters. The molecule has 0 aliphatic rings. The molecule has 0 amide bonds. The van der Waals surface area contributed by atoms with E-state index in [1.807, 2.05) is 23.0 Å². The molecule has 0 N–H and O–H groups in total. The number of hydrogen-bond acceptors (Lipinski definition) is 0. The minimum atomic E-state index is 0. The van der Waals surface area contributed by atoms with Crippen LogP contribution in [0.5, 0.6) is 0 Å². The third kappa shape index (κ3) is 8.95. The fourth-order valence-corrected chi connectivity index (χ4v) is 1.06. The molecule has 0 rings (SSSR count). The van der Waals surface area contributed by atoms with Crippen LogP contribution < -0.4 is 0 Å². The maximum absolute atomic E-state index is 2.22. The van der Waals surface area contributed by atoms with E-state index in [9.17, 15) is 0 Å². The van der Waals surface area contributed by atoms with Gasteiger partial charge in [0.2, 0.25) is 0 Å². The molecule has 2 heteroatoms. The van der Waals surface area contributed by atoms with Crippen molar-refractivity contribution in [2.45, 2.75) is 24.1 Å². The predicted octanol–water partition coefficient (Wildman–Crippen LogP) is 1.37. The van der Waals surface area contributed by atoms with Gasteiger partial charge in [0.1, 0.15) is 0 Å². The molecule has 36 valence electrons. The van der Waals surface area contributed by atoms with Crippen molar-refractivity contribution in [1.29, 1.82) is 0 Å². The second-order valence-electron chi connectivity index (χ2n) is 1.08. The molecule has 0 heterocycles. The summed E-state index contributed by atoms with van der Waals surface area (Å²) in [5, 5.41) is 0. The Labute approximate surface area is 60.6 Å². The van der Waals surface area contributed by atoms with Gasteiger partial charge in [-0.15, -0.1) is 0 Å². The van der Waals surface area contributed by atoms with Crippen molar-refractivity contribution < 1.29 is 0 Å². The van der Waals surface area contributed by atoms with Gasteiger partial charge in [-0.25, -0.2) is 0 Å². The van der Waals surface area contributed by atoms with Crippen LogP contribution >= 0.6 is 0 Å². The van der Waals surface area contributed by atoms with Crippen molar-refractivity contribution >= 4 is 36.5 Å². The van der Waals surface area contributed by atoms with Gasteiger partial charge in [-0.2, -0.15) is 0 Å².